The Bertz CT molecular complexity index is 433. The summed E-state index contributed by atoms with van der Waals surface area (Å²) in [6, 6.07) is 4.02. The van der Waals surface area contributed by atoms with Crippen LogP contribution in [0.4, 0.5) is 4.79 Å². The van der Waals surface area contributed by atoms with E-state index in [4.69, 9.17) is 9.47 Å². The van der Waals surface area contributed by atoms with Crippen LogP contribution in [0, 0.1) is 0 Å². The normalized spacial score (nSPS) is 17.5. The molecule has 1 aliphatic rings. The molecule has 0 radical (unpaired) electrons. The van der Waals surface area contributed by atoms with Gasteiger partial charge in [-0.1, -0.05) is 6.07 Å². The van der Waals surface area contributed by atoms with Gasteiger partial charge in [0.25, 0.3) is 0 Å². The van der Waals surface area contributed by atoms with Crippen LogP contribution in [0.2, 0.25) is 0 Å². The van der Waals surface area contributed by atoms with E-state index in [1.807, 2.05) is 24.4 Å². The van der Waals surface area contributed by atoms with Crippen molar-refractivity contribution in [2.75, 3.05) is 45.9 Å². The molecule has 1 saturated heterocycles. The smallest absolute Gasteiger partial charge is 0.410 e. The Morgan fingerprint density at radius 3 is 2.91 bits per heavy atom. The highest BCUT2D eigenvalue weighted by Crippen LogP contribution is 2.09. The number of ether oxygens (including phenoxy) is 2. The first kappa shape index (κ1) is 17.2. The molecule has 2 rings (SSSR count). The van der Waals surface area contributed by atoms with Crippen molar-refractivity contribution in [3.05, 3.63) is 22.4 Å². The number of hydrogen-bond donors (Lipinski definition) is 2. The minimum absolute atomic E-state index is 0.235. The van der Waals surface area contributed by atoms with Crippen LogP contribution in [0.3, 0.4) is 0 Å². The molecule has 2 heterocycles. The standard InChI is InChI=1S/C15H24N2O4S/c1-2-21-15(19)17-7-5-16(6-8-17)10-13(18)11-20-12-14-4-3-9-22-14/h3-4,9,13,18H,2,5-8,10-12H2,1H3/p+1/t13-/m0/s1. The van der Waals surface area contributed by atoms with Crippen LogP contribution in [0.25, 0.3) is 0 Å². The third-order valence-corrected chi connectivity index (χ3v) is 4.51. The van der Waals surface area contributed by atoms with Gasteiger partial charge < -0.3 is 19.5 Å². The molecule has 6 nitrogen and oxygen atoms in total. The number of amides is 1. The minimum atomic E-state index is -0.468. The molecule has 1 amide bonds. The molecule has 1 atom stereocenters. The van der Waals surface area contributed by atoms with Crippen molar-refractivity contribution in [2.45, 2.75) is 19.6 Å². The SMILES string of the molecule is CCOC(=O)N1CC[NH+](C[C@H](O)COCc2cccs2)CC1. The molecular weight excluding hydrogens is 304 g/mol. The average Bonchev–Trinajstić information content (AvgIpc) is 3.01. The maximum Gasteiger partial charge on any atom is 0.410 e. The lowest BCUT2D eigenvalue weighted by Gasteiger charge is -2.32. The molecule has 2 N–H and O–H groups in total. The number of hydrogen-bond acceptors (Lipinski definition) is 5. The number of aliphatic hydroxyl groups excluding tert-OH is 1. The lowest BCUT2D eigenvalue weighted by atomic mass is 10.3. The number of piperazine rings is 1. The van der Waals surface area contributed by atoms with Crippen molar-refractivity contribution in [1.82, 2.24) is 4.90 Å². The second kappa shape index (κ2) is 9.09. The maximum absolute atomic E-state index is 11.6. The molecule has 22 heavy (non-hydrogen) atoms. The number of aliphatic hydroxyl groups is 1. The molecule has 0 aliphatic carbocycles. The molecule has 7 heteroatoms. The fourth-order valence-electron chi connectivity index (χ4n) is 2.51. The van der Waals surface area contributed by atoms with Crippen LogP contribution in [-0.4, -0.2) is 68.1 Å². The first-order valence-electron chi connectivity index (χ1n) is 7.72. The summed E-state index contributed by atoms with van der Waals surface area (Å²) in [4.78, 5) is 15.8. The van der Waals surface area contributed by atoms with Crippen LogP contribution in [0.15, 0.2) is 17.5 Å². The predicted octanol–water partition coefficient (Wildman–Crippen LogP) is -0.0174. The van der Waals surface area contributed by atoms with E-state index in [1.54, 1.807) is 16.2 Å². The number of nitrogens with one attached hydrogen (secondary N) is 1. The molecule has 1 aromatic rings. The summed E-state index contributed by atoms with van der Waals surface area (Å²) in [5.74, 6) is 0. The second-order valence-corrected chi connectivity index (χ2v) is 6.42. The van der Waals surface area contributed by atoms with E-state index in [2.05, 4.69) is 0 Å². The fourth-order valence-corrected chi connectivity index (χ4v) is 3.15. The predicted molar refractivity (Wildman–Crippen MR) is 84.1 cm³/mol. The summed E-state index contributed by atoms with van der Waals surface area (Å²) >= 11 is 1.66. The van der Waals surface area contributed by atoms with Gasteiger partial charge in [0.15, 0.2) is 0 Å². The van der Waals surface area contributed by atoms with Crippen molar-refractivity contribution in [2.24, 2.45) is 0 Å². The van der Waals surface area contributed by atoms with Gasteiger partial charge >= 0.3 is 6.09 Å². The van der Waals surface area contributed by atoms with Crippen molar-refractivity contribution in [1.29, 1.82) is 0 Å². The van der Waals surface area contributed by atoms with Gasteiger partial charge in [-0.05, 0) is 18.4 Å². The number of thiophene rings is 1. The highest BCUT2D eigenvalue weighted by Gasteiger charge is 2.25. The van der Waals surface area contributed by atoms with E-state index in [0.29, 0.717) is 39.5 Å². The first-order valence-corrected chi connectivity index (χ1v) is 8.60. The van der Waals surface area contributed by atoms with Crippen LogP contribution < -0.4 is 4.90 Å². The summed E-state index contributed by atoms with van der Waals surface area (Å²) in [6.07, 6.45) is -0.703. The van der Waals surface area contributed by atoms with Crippen LogP contribution in [-0.2, 0) is 16.1 Å². The molecule has 0 spiro atoms. The van der Waals surface area contributed by atoms with Crippen molar-refractivity contribution >= 4 is 17.4 Å². The fraction of sp³-hybridized carbons (Fsp3) is 0.667. The lowest BCUT2D eigenvalue weighted by molar-refractivity contribution is -0.907. The van der Waals surface area contributed by atoms with Crippen molar-refractivity contribution in [3.8, 4) is 0 Å². The number of carbonyl (C=O) groups is 1. The summed E-state index contributed by atoms with van der Waals surface area (Å²) in [6.45, 7) is 6.80. The van der Waals surface area contributed by atoms with Crippen molar-refractivity contribution in [3.63, 3.8) is 0 Å². The molecule has 1 fully saturated rings. The van der Waals surface area contributed by atoms with E-state index in [1.165, 1.54) is 9.78 Å². The quantitative estimate of drug-likeness (QED) is 0.738. The van der Waals surface area contributed by atoms with E-state index in [0.717, 1.165) is 13.1 Å². The molecule has 0 bridgehead atoms. The Labute approximate surface area is 135 Å². The maximum atomic E-state index is 11.6. The van der Waals surface area contributed by atoms with Gasteiger partial charge in [-0.15, -0.1) is 11.3 Å². The van der Waals surface area contributed by atoms with Gasteiger partial charge in [-0.25, -0.2) is 4.79 Å². The number of nitrogens with zero attached hydrogens (tertiary/aromatic N) is 1. The largest absolute Gasteiger partial charge is 0.450 e. The number of quaternary nitrogens is 1. The number of carbonyl (C=O) groups excluding carboxylic acids is 1. The lowest BCUT2D eigenvalue weighted by Crippen LogP contribution is -3.15. The van der Waals surface area contributed by atoms with Crippen LogP contribution in [0.5, 0.6) is 0 Å². The van der Waals surface area contributed by atoms with E-state index in [-0.39, 0.29) is 6.09 Å². The third kappa shape index (κ3) is 5.57. The summed E-state index contributed by atoms with van der Waals surface area (Å²) < 4.78 is 10.5. The van der Waals surface area contributed by atoms with Gasteiger partial charge in [0.05, 0.1) is 46.0 Å². The Balaban J connectivity index is 1.60. The van der Waals surface area contributed by atoms with Crippen LogP contribution in [0.1, 0.15) is 11.8 Å². The van der Waals surface area contributed by atoms with Gasteiger partial charge in [0, 0.05) is 4.88 Å². The molecule has 0 saturated carbocycles. The minimum Gasteiger partial charge on any atom is -0.450 e. The first-order chi connectivity index (χ1) is 10.7. The van der Waals surface area contributed by atoms with E-state index < -0.39 is 6.10 Å². The second-order valence-electron chi connectivity index (χ2n) is 5.39. The van der Waals surface area contributed by atoms with Gasteiger partial charge in [0.1, 0.15) is 12.6 Å². The summed E-state index contributed by atoms with van der Waals surface area (Å²) in [7, 11) is 0. The van der Waals surface area contributed by atoms with Gasteiger partial charge in [-0.2, -0.15) is 0 Å². The monoisotopic (exact) mass is 329 g/mol. The molecule has 0 unspecified atom stereocenters. The zero-order valence-corrected chi connectivity index (χ0v) is 13.8. The molecule has 1 aromatic heterocycles. The highest BCUT2D eigenvalue weighted by atomic mass is 32.1. The Morgan fingerprint density at radius 1 is 1.50 bits per heavy atom. The van der Waals surface area contributed by atoms with Crippen LogP contribution >= 0.6 is 11.3 Å². The summed E-state index contributed by atoms with van der Waals surface area (Å²) in [5, 5.41) is 12.1. The average molecular weight is 329 g/mol. The third-order valence-electron chi connectivity index (χ3n) is 3.66. The number of rotatable bonds is 7. The Kier molecular flexibility index (Phi) is 7.11. The zero-order chi connectivity index (χ0) is 15.8. The molecule has 124 valence electrons. The van der Waals surface area contributed by atoms with Crippen molar-refractivity contribution < 1.29 is 24.3 Å². The van der Waals surface area contributed by atoms with E-state index in [9.17, 15) is 9.90 Å². The molecule has 1 aliphatic heterocycles. The topological polar surface area (TPSA) is 63.4 Å². The highest BCUT2D eigenvalue weighted by molar-refractivity contribution is 7.09. The van der Waals surface area contributed by atoms with E-state index >= 15 is 0 Å². The van der Waals surface area contributed by atoms with Gasteiger partial charge in [0.2, 0.25) is 0 Å². The zero-order valence-electron chi connectivity index (χ0n) is 13.0. The molecule has 0 aromatic carbocycles. The molecular formula is C15H25N2O4S+. The Morgan fingerprint density at radius 2 is 2.27 bits per heavy atom. The van der Waals surface area contributed by atoms with Gasteiger partial charge in [-0.3, -0.25) is 4.90 Å². The summed E-state index contributed by atoms with van der Waals surface area (Å²) in [5.41, 5.74) is 0. The Hall–Kier alpha value is -1.15.